The van der Waals surface area contributed by atoms with Gasteiger partial charge in [-0.15, -0.1) is 0 Å². The summed E-state index contributed by atoms with van der Waals surface area (Å²) in [5.74, 6) is 0.0949. The fraction of sp³-hybridized carbons (Fsp3) is 0.480. The van der Waals surface area contributed by atoms with Gasteiger partial charge in [-0.25, -0.2) is 22.6 Å². The number of aromatic nitrogens is 1. The third-order valence-electron chi connectivity index (χ3n) is 6.45. The predicted molar refractivity (Wildman–Crippen MR) is 134 cm³/mol. The molecular weight excluding hydrogens is 537 g/mol. The van der Waals surface area contributed by atoms with Crippen molar-refractivity contribution in [1.29, 1.82) is 0 Å². The number of halogens is 1. The Kier molecular flexibility index (Phi) is 9.20. The Labute approximate surface area is 225 Å². The van der Waals surface area contributed by atoms with E-state index in [1.165, 1.54) is 36.3 Å². The van der Waals surface area contributed by atoms with Gasteiger partial charge in [0, 0.05) is 25.8 Å². The van der Waals surface area contributed by atoms with Gasteiger partial charge in [-0.3, -0.25) is 9.69 Å². The third kappa shape index (κ3) is 6.23. The number of piperazine rings is 1. The van der Waals surface area contributed by atoms with E-state index in [0.29, 0.717) is 24.3 Å². The first-order chi connectivity index (χ1) is 18.8. The number of carbonyl (C=O) groups excluding carboxylic acids is 2. The maximum Gasteiger partial charge on any atom is 0.410 e. The molecule has 0 saturated carbocycles. The number of nitrogens with zero attached hydrogens (tertiary/aromatic N) is 3. The summed E-state index contributed by atoms with van der Waals surface area (Å²) >= 11 is 0. The largest absolute Gasteiger partial charge is 0.465 e. The molecule has 2 fully saturated rings. The average molecular weight is 568 g/mol. The van der Waals surface area contributed by atoms with Gasteiger partial charge in [-0.2, -0.15) is 4.31 Å². The van der Waals surface area contributed by atoms with Crippen LogP contribution in [0.1, 0.15) is 19.8 Å². The Morgan fingerprint density at radius 2 is 1.79 bits per heavy atom. The molecule has 3 atom stereocenters. The van der Waals surface area contributed by atoms with E-state index < -0.39 is 47.1 Å². The van der Waals surface area contributed by atoms with Crippen LogP contribution < -0.4 is 9.47 Å². The maximum absolute atomic E-state index is 13.7. The molecule has 1 aromatic heterocycles. The minimum atomic E-state index is -4.21. The molecule has 1 amide bonds. The first-order valence-electron chi connectivity index (χ1n) is 12.3. The topological polar surface area (TPSA) is 134 Å². The molecule has 12 nitrogen and oxygen atoms in total. The van der Waals surface area contributed by atoms with Crippen molar-refractivity contribution in [2.24, 2.45) is 0 Å². The molecule has 14 heteroatoms. The van der Waals surface area contributed by atoms with Crippen LogP contribution in [0.4, 0.5) is 9.18 Å². The molecule has 0 unspecified atom stereocenters. The van der Waals surface area contributed by atoms with Crippen LogP contribution in [0.2, 0.25) is 0 Å². The van der Waals surface area contributed by atoms with Crippen LogP contribution in [-0.2, 0) is 29.0 Å². The Morgan fingerprint density at radius 3 is 2.44 bits per heavy atom. The summed E-state index contributed by atoms with van der Waals surface area (Å²) in [7, 11) is -2.73. The number of amides is 1. The minimum absolute atomic E-state index is 0.0347. The Balaban J connectivity index is 1.54. The molecule has 2 aliphatic rings. The van der Waals surface area contributed by atoms with Crippen LogP contribution in [0.5, 0.6) is 17.4 Å². The van der Waals surface area contributed by atoms with Gasteiger partial charge in [0.2, 0.25) is 22.8 Å². The molecular formula is C25H30FN3O9S. The van der Waals surface area contributed by atoms with Crippen molar-refractivity contribution in [1.82, 2.24) is 14.2 Å². The lowest BCUT2D eigenvalue weighted by Crippen LogP contribution is -2.65. The number of esters is 1. The average Bonchev–Trinajstić information content (AvgIpc) is 3.23. The summed E-state index contributed by atoms with van der Waals surface area (Å²) < 4.78 is 66.6. The lowest BCUT2D eigenvalue weighted by molar-refractivity contribution is -0.151. The highest BCUT2D eigenvalue weighted by Crippen LogP contribution is 2.38. The standard InChI is InChI=1S/C25H30FN3O9S/c1-3-35-24(30)23-21-10-4-17(29(21)25(31)36-13-12-34-2)15-28(23)39(32,33)20-9-11-22(27-14-20)38-19-7-5-18(6-8-19)37-16-26/h5-9,11,14,17,21,23H,3-4,10,12-13,15-16H2,1-2H3/t17-,21+,23-/m1/s1. The van der Waals surface area contributed by atoms with Crippen molar-refractivity contribution < 1.29 is 46.1 Å². The van der Waals surface area contributed by atoms with Crippen molar-refractivity contribution in [2.45, 2.75) is 42.8 Å². The number of ether oxygens (including phenoxy) is 5. The summed E-state index contributed by atoms with van der Waals surface area (Å²) in [5.41, 5.74) is 0. The zero-order valence-electron chi connectivity index (χ0n) is 21.5. The van der Waals surface area contributed by atoms with E-state index >= 15 is 0 Å². The highest BCUT2D eigenvalue weighted by molar-refractivity contribution is 7.89. The summed E-state index contributed by atoms with van der Waals surface area (Å²) in [5, 5.41) is 0. The van der Waals surface area contributed by atoms with Gasteiger partial charge in [-0.1, -0.05) is 0 Å². The van der Waals surface area contributed by atoms with Crippen LogP contribution >= 0.6 is 0 Å². The number of hydrogen-bond donors (Lipinski definition) is 0. The van der Waals surface area contributed by atoms with Gasteiger partial charge in [0.15, 0.2) is 0 Å². The monoisotopic (exact) mass is 567 g/mol. The maximum atomic E-state index is 13.7. The highest BCUT2D eigenvalue weighted by Gasteiger charge is 2.55. The van der Waals surface area contributed by atoms with Crippen LogP contribution in [0.15, 0.2) is 47.5 Å². The fourth-order valence-electron chi connectivity index (χ4n) is 4.74. The summed E-state index contributed by atoms with van der Waals surface area (Å²) in [4.78, 5) is 31.2. The smallest absolute Gasteiger partial charge is 0.410 e. The molecule has 2 aliphatic heterocycles. The Hall–Kier alpha value is -3.49. The van der Waals surface area contributed by atoms with Gasteiger partial charge in [0.05, 0.1) is 25.5 Å². The zero-order valence-corrected chi connectivity index (χ0v) is 22.3. The zero-order chi connectivity index (χ0) is 28.0. The normalized spacial score (nSPS) is 20.9. The van der Waals surface area contributed by atoms with Crippen LogP contribution in [0.3, 0.4) is 0 Å². The molecule has 0 aliphatic carbocycles. The van der Waals surface area contributed by atoms with Crippen molar-refractivity contribution >= 4 is 22.1 Å². The Morgan fingerprint density at radius 1 is 1.05 bits per heavy atom. The molecule has 1 aromatic carbocycles. The quantitative estimate of drug-likeness (QED) is 0.295. The van der Waals surface area contributed by atoms with Crippen molar-refractivity contribution in [3.8, 4) is 17.4 Å². The molecule has 2 saturated heterocycles. The number of rotatable bonds is 11. The predicted octanol–water partition coefficient (Wildman–Crippen LogP) is 2.73. The second-order valence-electron chi connectivity index (χ2n) is 8.74. The van der Waals surface area contributed by atoms with E-state index in [9.17, 15) is 22.4 Å². The lowest BCUT2D eigenvalue weighted by atomic mass is 10.1. The van der Waals surface area contributed by atoms with Crippen LogP contribution in [-0.4, -0.2) is 93.1 Å². The van der Waals surface area contributed by atoms with E-state index in [2.05, 4.69) is 4.98 Å². The fourth-order valence-corrected chi connectivity index (χ4v) is 6.33. The number of methoxy groups -OCH3 is 1. The summed E-state index contributed by atoms with van der Waals surface area (Å²) in [6.45, 7) is 0.858. The first kappa shape index (κ1) is 28.5. The van der Waals surface area contributed by atoms with Gasteiger partial charge < -0.3 is 23.7 Å². The van der Waals surface area contributed by atoms with E-state index in [1.807, 2.05) is 0 Å². The van der Waals surface area contributed by atoms with Gasteiger partial charge in [0.1, 0.15) is 29.0 Å². The van der Waals surface area contributed by atoms with Crippen molar-refractivity contribution in [3.05, 3.63) is 42.6 Å². The van der Waals surface area contributed by atoms with E-state index in [0.717, 1.165) is 10.5 Å². The third-order valence-corrected chi connectivity index (χ3v) is 8.28. The van der Waals surface area contributed by atoms with E-state index in [-0.39, 0.29) is 37.1 Å². The molecule has 0 radical (unpaired) electrons. The number of pyridine rings is 1. The summed E-state index contributed by atoms with van der Waals surface area (Å²) in [6, 6.07) is 6.40. The van der Waals surface area contributed by atoms with E-state index in [1.54, 1.807) is 19.1 Å². The van der Waals surface area contributed by atoms with E-state index in [4.69, 9.17) is 23.7 Å². The van der Waals surface area contributed by atoms with Gasteiger partial charge >= 0.3 is 12.1 Å². The SMILES string of the molecule is CCOC(=O)[C@H]1[C@@H]2CC[C@H](CN1S(=O)(=O)c1ccc(Oc3ccc(OCF)cc3)nc1)N2C(=O)OCCOC. The van der Waals surface area contributed by atoms with Crippen LogP contribution in [0, 0.1) is 0 Å². The first-order valence-corrected chi connectivity index (χ1v) is 13.8. The van der Waals surface area contributed by atoms with Gasteiger partial charge in [0.25, 0.3) is 0 Å². The second-order valence-corrected chi connectivity index (χ2v) is 10.6. The molecule has 4 rings (SSSR count). The minimum Gasteiger partial charge on any atom is -0.465 e. The molecule has 3 heterocycles. The number of alkyl halides is 1. The Bertz CT molecular complexity index is 1240. The number of benzene rings is 1. The highest BCUT2D eigenvalue weighted by atomic mass is 32.2. The lowest BCUT2D eigenvalue weighted by Gasteiger charge is -2.43. The molecule has 39 heavy (non-hydrogen) atoms. The molecule has 2 aromatic rings. The van der Waals surface area contributed by atoms with Crippen molar-refractivity contribution in [3.63, 3.8) is 0 Å². The summed E-state index contributed by atoms with van der Waals surface area (Å²) in [6.07, 6.45) is 1.44. The number of fused-ring (bicyclic) bond motifs is 2. The number of hydrogen-bond acceptors (Lipinski definition) is 10. The number of carbonyl (C=O) groups is 2. The molecule has 2 bridgehead atoms. The number of sulfonamides is 1. The molecule has 0 spiro atoms. The molecule has 0 N–H and O–H groups in total. The van der Waals surface area contributed by atoms with Gasteiger partial charge in [-0.05, 0) is 50.1 Å². The van der Waals surface area contributed by atoms with Crippen molar-refractivity contribution in [2.75, 3.05) is 40.3 Å². The molecule has 212 valence electrons. The van der Waals surface area contributed by atoms with Crippen LogP contribution in [0.25, 0.3) is 0 Å². The second kappa shape index (κ2) is 12.6.